The highest BCUT2D eigenvalue weighted by molar-refractivity contribution is 5.92. The summed E-state index contributed by atoms with van der Waals surface area (Å²) < 4.78 is 0. The zero-order valence-electron chi connectivity index (χ0n) is 28.8. The van der Waals surface area contributed by atoms with Gasteiger partial charge in [0, 0.05) is 35.5 Å². The Hall–Kier alpha value is -6.76. The van der Waals surface area contributed by atoms with E-state index in [4.69, 9.17) is 0 Å². The molecular formula is C42H36N6O6. The Morgan fingerprint density at radius 2 is 0.722 bits per heavy atom. The van der Waals surface area contributed by atoms with E-state index in [1.165, 1.54) is 0 Å². The molecule has 0 saturated heterocycles. The Balaban J connectivity index is 1.48. The van der Waals surface area contributed by atoms with Crippen molar-refractivity contribution < 1.29 is 30.6 Å². The van der Waals surface area contributed by atoms with E-state index in [-0.39, 0.29) is 49.1 Å². The van der Waals surface area contributed by atoms with Crippen LogP contribution in [-0.2, 0) is 10.8 Å². The topological polar surface area (TPSA) is 205 Å². The van der Waals surface area contributed by atoms with Crippen LogP contribution in [0.25, 0.3) is 33.2 Å². The van der Waals surface area contributed by atoms with Gasteiger partial charge in [0.25, 0.3) is 0 Å². The van der Waals surface area contributed by atoms with E-state index >= 15 is 0 Å². The third-order valence-electron chi connectivity index (χ3n) is 10.5. The fourth-order valence-corrected chi connectivity index (χ4v) is 8.24. The van der Waals surface area contributed by atoms with Crippen LogP contribution in [-0.4, -0.2) is 74.7 Å². The van der Waals surface area contributed by atoms with Crippen LogP contribution in [0.3, 0.4) is 0 Å². The Morgan fingerprint density at radius 3 is 1.02 bits per heavy atom. The van der Waals surface area contributed by atoms with Crippen LogP contribution in [0.5, 0.6) is 23.0 Å². The molecule has 0 saturated carbocycles. The molecule has 8 aromatic rings. The van der Waals surface area contributed by atoms with Gasteiger partial charge in [-0.1, -0.05) is 72.8 Å². The Kier molecular flexibility index (Phi) is 8.68. The molecule has 8 N–H and O–H groups in total. The molecule has 0 aliphatic heterocycles. The molecule has 0 bridgehead atoms. The fraction of sp³-hybridized carbons (Fsp3) is 0.143. The van der Waals surface area contributed by atoms with Crippen LogP contribution in [0.2, 0.25) is 0 Å². The third kappa shape index (κ3) is 5.30. The number of H-pyrrole nitrogens is 2. The number of phenolic OH excluding ortho intramolecular Hbond substituents is 4. The molecule has 6 aromatic carbocycles. The highest BCUT2D eigenvalue weighted by Crippen LogP contribution is 2.53. The Bertz CT molecular complexity index is 2360. The first-order valence-corrected chi connectivity index (χ1v) is 17.4. The molecule has 0 aliphatic rings. The predicted molar refractivity (Wildman–Crippen MR) is 202 cm³/mol. The molecule has 0 aliphatic carbocycles. The molecule has 12 heteroatoms. The van der Waals surface area contributed by atoms with E-state index in [0.29, 0.717) is 66.6 Å². The fourth-order valence-electron chi connectivity index (χ4n) is 8.24. The lowest BCUT2D eigenvalue weighted by Crippen LogP contribution is -2.32. The van der Waals surface area contributed by atoms with E-state index in [1.807, 2.05) is 24.3 Å². The van der Waals surface area contributed by atoms with Gasteiger partial charge < -0.3 is 30.6 Å². The number of hydrogen-bond donors (Lipinski definition) is 8. The molecule has 0 fully saturated rings. The molecule has 2 aromatic heterocycles. The van der Waals surface area contributed by atoms with Gasteiger partial charge in [0.1, 0.15) is 45.1 Å². The second-order valence-corrected chi connectivity index (χ2v) is 13.3. The minimum atomic E-state index is -1.33. The number of hydrogen-bond acceptors (Lipinski definition) is 10. The molecular weight excluding hydrogens is 684 g/mol. The maximum absolute atomic E-state index is 11.4. The van der Waals surface area contributed by atoms with Crippen molar-refractivity contribution in [1.82, 2.24) is 30.8 Å². The maximum Gasteiger partial charge on any atom is 0.120 e. The molecule has 8 rings (SSSR count). The number of aliphatic hydroxyl groups excluding tert-OH is 2. The van der Waals surface area contributed by atoms with Crippen LogP contribution in [0.4, 0.5) is 0 Å². The smallest absolute Gasteiger partial charge is 0.120 e. The second-order valence-electron chi connectivity index (χ2n) is 13.3. The van der Waals surface area contributed by atoms with Crippen LogP contribution in [0.15, 0.2) is 121 Å². The molecule has 0 atom stereocenters. The number of fused-ring (bicyclic) bond motifs is 2. The second kappa shape index (κ2) is 13.7. The van der Waals surface area contributed by atoms with Gasteiger partial charge in [-0.25, -0.2) is 0 Å². The number of aromatic hydroxyl groups is 4. The highest BCUT2D eigenvalue weighted by Gasteiger charge is 2.44. The van der Waals surface area contributed by atoms with Gasteiger partial charge in [-0.15, -0.1) is 0 Å². The van der Waals surface area contributed by atoms with E-state index in [2.05, 4.69) is 30.8 Å². The van der Waals surface area contributed by atoms with Crippen molar-refractivity contribution >= 4 is 22.1 Å². The van der Waals surface area contributed by atoms with Gasteiger partial charge in [-0.2, -0.15) is 30.8 Å². The third-order valence-corrected chi connectivity index (χ3v) is 10.5. The monoisotopic (exact) mass is 720 g/mol. The summed E-state index contributed by atoms with van der Waals surface area (Å²) in [6.45, 7) is -0.627. The predicted octanol–water partition coefficient (Wildman–Crippen LogP) is 6.15. The molecule has 2 heterocycles. The van der Waals surface area contributed by atoms with Gasteiger partial charge in [0.05, 0.1) is 10.8 Å². The largest absolute Gasteiger partial charge is 0.508 e. The van der Waals surface area contributed by atoms with E-state index < -0.39 is 10.8 Å². The van der Waals surface area contributed by atoms with Crippen LogP contribution >= 0.6 is 0 Å². The van der Waals surface area contributed by atoms with Crippen molar-refractivity contribution in [3.63, 3.8) is 0 Å². The van der Waals surface area contributed by atoms with Gasteiger partial charge in [-0.3, -0.25) is 0 Å². The van der Waals surface area contributed by atoms with Crippen molar-refractivity contribution in [3.8, 4) is 34.1 Å². The number of rotatable bonds is 11. The van der Waals surface area contributed by atoms with Gasteiger partial charge in [-0.05, 0) is 83.6 Å². The molecule has 0 radical (unpaired) electrons. The first kappa shape index (κ1) is 34.3. The molecule has 0 spiro atoms. The summed E-state index contributed by atoms with van der Waals surface area (Å²) in [4.78, 5) is 0. The summed E-state index contributed by atoms with van der Waals surface area (Å²) in [6.07, 6.45) is 0.114. The molecule has 270 valence electrons. The van der Waals surface area contributed by atoms with Gasteiger partial charge in [0.15, 0.2) is 0 Å². The number of nitrogens with one attached hydrogen (secondary N) is 2. The molecule has 0 amide bonds. The van der Waals surface area contributed by atoms with Crippen LogP contribution < -0.4 is 0 Å². The normalized spacial score (nSPS) is 12.1. The van der Waals surface area contributed by atoms with Crippen molar-refractivity contribution in [2.75, 3.05) is 13.2 Å². The van der Waals surface area contributed by atoms with Crippen LogP contribution in [0, 0.1) is 0 Å². The SMILES string of the molecule is OCCC(c1ccccc1O)(c1ccccc1O)c1cc(-c2cc(C(CCO)(c3ccccc3O)c3ccccc3O)c3n[nH]nc3c2)cc2n[nH]nc12. The average Bonchev–Trinajstić information content (AvgIpc) is 3.87. The minimum Gasteiger partial charge on any atom is -0.508 e. The minimum absolute atomic E-state index is 0.0401. The van der Waals surface area contributed by atoms with Crippen molar-refractivity contribution in [2.45, 2.75) is 23.7 Å². The summed E-state index contributed by atoms with van der Waals surface area (Å²) in [5.74, 6) is -0.160. The van der Waals surface area contributed by atoms with Gasteiger partial charge >= 0.3 is 0 Å². The van der Waals surface area contributed by atoms with E-state index in [9.17, 15) is 30.6 Å². The quantitative estimate of drug-likeness (QED) is 0.0716. The average molecular weight is 721 g/mol. The number of phenols is 4. The van der Waals surface area contributed by atoms with E-state index in [0.717, 1.165) is 0 Å². The maximum atomic E-state index is 11.4. The van der Waals surface area contributed by atoms with Crippen molar-refractivity contribution in [2.24, 2.45) is 0 Å². The first-order chi connectivity index (χ1) is 26.3. The lowest BCUT2D eigenvalue weighted by Gasteiger charge is -2.37. The number of aromatic amines is 2. The molecule has 12 nitrogen and oxygen atoms in total. The highest BCUT2D eigenvalue weighted by atomic mass is 16.3. The number of aromatic nitrogens is 6. The standard InChI is InChI=1S/C42H36N6O6/c49-19-17-41(27-9-1-5-13-35(27)51,28-10-2-6-14-36(28)52)31-21-25(23-33-39(31)45-47-43-33)26-22-32(40-34(24-26)44-48-46-40)42(18-20-50,29-11-3-7-15-37(29)53)30-12-4-8-16-38(30)54/h1-16,21-24,49-54H,17-20H2,(H,43,45,47)(H,44,46,48). The summed E-state index contributed by atoms with van der Waals surface area (Å²) in [5, 5.41) is 90.7. The summed E-state index contributed by atoms with van der Waals surface area (Å²) in [6, 6.07) is 34.8. The lowest BCUT2D eigenvalue weighted by molar-refractivity contribution is 0.261. The molecule has 0 unspecified atom stereocenters. The summed E-state index contributed by atoms with van der Waals surface area (Å²) in [5.41, 5.74) is 3.33. The molecule has 54 heavy (non-hydrogen) atoms. The first-order valence-electron chi connectivity index (χ1n) is 17.4. The van der Waals surface area contributed by atoms with Crippen molar-refractivity contribution in [3.05, 3.63) is 155 Å². The van der Waals surface area contributed by atoms with E-state index in [1.54, 1.807) is 97.1 Å². The summed E-state index contributed by atoms with van der Waals surface area (Å²) >= 11 is 0. The van der Waals surface area contributed by atoms with Crippen LogP contribution in [0.1, 0.15) is 46.2 Å². The zero-order valence-corrected chi connectivity index (χ0v) is 28.8. The Labute approximate surface area is 308 Å². The number of aliphatic hydroxyl groups is 2. The zero-order chi connectivity index (χ0) is 37.5. The number of benzene rings is 6. The number of nitrogens with zero attached hydrogens (tertiary/aromatic N) is 4. The van der Waals surface area contributed by atoms with Gasteiger partial charge in [0.2, 0.25) is 0 Å². The summed E-state index contributed by atoms with van der Waals surface area (Å²) in [7, 11) is 0. The van der Waals surface area contributed by atoms with Crippen molar-refractivity contribution in [1.29, 1.82) is 0 Å². The lowest BCUT2D eigenvalue weighted by atomic mass is 9.65. The number of para-hydroxylation sites is 4. The Morgan fingerprint density at radius 1 is 0.407 bits per heavy atom.